The largest absolute Gasteiger partial charge is 0.331 e. The summed E-state index contributed by atoms with van der Waals surface area (Å²) in [5.74, 6) is -0.442. The molecule has 2 nitrogen and oxygen atoms in total. The van der Waals surface area contributed by atoms with Crippen LogP contribution in [0.4, 0.5) is 31.5 Å². The molecule has 9 rings (SSSR count). The molecule has 53 heavy (non-hydrogen) atoms. The number of benzene rings is 6. The Morgan fingerprint density at radius 3 is 1.19 bits per heavy atom. The summed E-state index contributed by atoms with van der Waals surface area (Å²) in [6, 6.07) is 45.3. The predicted octanol–water partition coefficient (Wildman–Crippen LogP) is 13.1. The van der Waals surface area contributed by atoms with Crippen molar-refractivity contribution in [2.75, 3.05) is 9.80 Å². The lowest BCUT2D eigenvalue weighted by atomic mass is 9.64. The van der Waals surface area contributed by atoms with Crippen LogP contribution in [0.25, 0.3) is 11.1 Å². The van der Waals surface area contributed by atoms with Crippen molar-refractivity contribution in [2.45, 2.75) is 82.7 Å². The smallest absolute Gasteiger partial charge is 0.123 e. The van der Waals surface area contributed by atoms with Crippen LogP contribution in [-0.4, -0.2) is 0 Å². The van der Waals surface area contributed by atoms with Crippen LogP contribution in [0.3, 0.4) is 0 Å². The van der Waals surface area contributed by atoms with Crippen molar-refractivity contribution in [1.29, 1.82) is 0 Å². The van der Waals surface area contributed by atoms with Crippen LogP contribution < -0.4 is 9.80 Å². The van der Waals surface area contributed by atoms with Crippen molar-refractivity contribution in [1.82, 2.24) is 0 Å². The minimum Gasteiger partial charge on any atom is -0.331 e. The SMILES string of the molecule is CCCC1(N(c2ccccc2)c2ccc(F)cc2)Cc2cc3c(cc21)C(C)(C)c1cc2c(cc1-3)CC2(CCC)N(c1ccccc1)c1ccc(F)cc1. The van der Waals surface area contributed by atoms with Gasteiger partial charge in [0, 0.05) is 41.0 Å². The van der Waals surface area contributed by atoms with Crippen molar-refractivity contribution in [3.05, 3.63) is 178 Å². The topological polar surface area (TPSA) is 6.48 Å². The van der Waals surface area contributed by atoms with E-state index >= 15 is 0 Å². The minimum absolute atomic E-state index is 0.212. The van der Waals surface area contributed by atoms with Gasteiger partial charge in [-0.2, -0.15) is 0 Å². The van der Waals surface area contributed by atoms with Gasteiger partial charge in [0.1, 0.15) is 11.6 Å². The molecule has 3 aliphatic carbocycles. The predicted molar refractivity (Wildman–Crippen MR) is 215 cm³/mol. The minimum atomic E-state index is -0.241. The average Bonchev–Trinajstić information content (AvgIpc) is 3.37. The molecule has 0 aromatic heterocycles. The van der Waals surface area contributed by atoms with Gasteiger partial charge in [-0.05, 0) is 130 Å². The van der Waals surface area contributed by atoms with Crippen LogP contribution in [0.5, 0.6) is 0 Å². The lowest BCUT2D eigenvalue weighted by Crippen LogP contribution is -2.52. The molecule has 6 aromatic rings. The molecule has 0 fully saturated rings. The van der Waals surface area contributed by atoms with E-state index in [-0.39, 0.29) is 28.1 Å². The monoisotopic (exact) mass is 700 g/mol. The van der Waals surface area contributed by atoms with Gasteiger partial charge in [-0.3, -0.25) is 0 Å². The number of para-hydroxylation sites is 2. The molecule has 0 saturated heterocycles. The molecular formula is C49H46F2N2. The van der Waals surface area contributed by atoms with Crippen molar-refractivity contribution >= 4 is 22.7 Å². The fourth-order valence-electron chi connectivity index (χ4n) is 10.2. The Balaban J connectivity index is 1.17. The summed E-state index contributed by atoms with van der Waals surface area (Å²) >= 11 is 0. The maximum atomic E-state index is 14.2. The second kappa shape index (κ2) is 12.4. The van der Waals surface area contributed by atoms with Gasteiger partial charge in [-0.1, -0.05) is 101 Å². The maximum Gasteiger partial charge on any atom is 0.123 e. The highest BCUT2D eigenvalue weighted by molar-refractivity contribution is 5.86. The average molecular weight is 701 g/mol. The Labute approximate surface area is 312 Å². The van der Waals surface area contributed by atoms with Crippen LogP contribution >= 0.6 is 0 Å². The zero-order chi connectivity index (χ0) is 36.5. The van der Waals surface area contributed by atoms with Gasteiger partial charge >= 0.3 is 0 Å². The van der Waals surface area contributed by atoms with Gasteiger partial charge in [0.25, 0.3) is 0 Å². The van der Waals surface area contributed by atoms with Crippen LogP contribution in [0.2, 0.25) is 0 Å². The van der Waals surface area contributed by atoms with Crippen molar-refractivity contribution in [3.8, 4) is 11.1 Å². The number of halogens is 2. The van der Waals surface area contributed by atoms with Gasteiger partial charge in [0.2, 0.25) is 0 Å². The molecule has 266 valence electrons. The third kappa shape index (κ3) is 5.01. The molecular weight excluding hydrogens is 655 g/mol. The van der Waals surface area contributed by atoms with Crippen molar-refractivity contribution in [2.24, 2.45) is 0 Å². The van der Waals surface area contributed by atoms with E-state index in [0.29, 0.717) is 0 Å². The molecule has 0 radical (unpaired) electrons. The van der Waals surface area contributed by atoms with Gasteiger partial charge in [-0.25, -0.2) is 8.78 Å². The summed E-state index contributed by atoms with van der Waals surface area (Å²) < 4.78 is 28.5. The van der Waals surface area contributed by atoms with Crippen molar-refractivity contribution in [3.63, 3.8) is 0 Å². The molecule has 2 atom stereocenters. The van der Waals surface area contributed by atoms with E-state index in [4.69, 9.17) is 0 Å². The first-order chi connectivity index (χ1) is 25.7. The number of nitrogens with zero attached hydrogens (tertiary/aromatic N) is 2. The molecule has 0 aliphatic heterocycles. The van der Waals surface area contributed by atoms with Crippen LogP contribution in [-0.2, 0) is 29.3 Å². The number of fused-ring (bicyclic) bond motifs is 5. The van der Waals surface area contributed by atoms with Crippen LogP contribution in [0.15, 0.2) is 133 Å². The van der Waals surface area contributed by atoms with E-state index in [1.165, 1.54) is 44.5 Å². The molecule has 6 aromatic carbocycles. The van der Waals surface area contributed by atoms with Crippen molar-refractivity contribution < 1.29 is 8.78 Å². The number of hydrogen-bond donors (Lipinski definition) is 0. The summed E-state index contributed by atoms with van der Waals surface area (Å²) in [4.78, 5) is 4.94. The van der Waals surface area contributed by atoms with Crippen LogP contribution in [0, 0.1) is 11.6 Å². The fraction of sp³-hybridized carbons (Fsp3) is 0.265. The second-order valence-electron chi connectivity index (χ2n) is 15.9. The zero-order valence-corrected chi connectivity index (χ0v) is 31.1. The fourth-order valence-corrected chi connectivity index (χ4v) is 10.2. The maximum absolute atomic E-state index is 14.2. The first-order valence-corrected chi connectivity index (χ1v) is 19.3. The molecule has 0 heterocycles. The zero-order valence-electron chi connectivity index (χ0n) is 31.1. The highest BCUT2D eigenvalue weighted by atomic mass is 19.1. The highest BCUT2D eigenvalue weighted by Crippen LogP contribution is 2.60. The lowest BCUT2D eigenvalue weighted by Gasteiger charge is -2.53. The molecule has 2 unspecified atom stereocenters. The van der Waals surface area contributed by atoms with E-state index in [9.17, 15) is 8.78 Å². The first kappa shape index (κ1) is 33.6. The number of hydrogen-bond acceptors (Lipinski definition) is 2. The Hall–Kier alpha value is -5.22. The van der Waals surface area contributed by atoms with E-state index < -0.39 is 0 Å². The van der Waals surface area contributed by atoms with Gasteiger partial charge < -0.3 is 9.80 Å². The van der Waals surface area contributed by atoms with E-state index in [2.05, 4.69) is 122 Å². The quantitative estimate of drug-likeness (QED) is 0.140. The highest BCUT2D eigenvalue weighted by Gasteiger charge is 2.52. The third-order valence-corrected chi connectivity index (χ3v) is 12.5. The normalized spacial score (nSPS) is 20.0. The Kier molecular flexibility index (Phi) is 7.89. The first-order valence-electron chi connectivity index (χ1n) is 19.3. The third-order valence-electron chi connectivity index (χ3n) is 12.5. The molecule has 0 N–H and O–H groups in total. The second-order valence-corrected chi connectivity index (χ2v) is 15.9. The summed E-state index contributed by atoms with van der Waals surface area (Å²) in [5, 5.41) is 0. The number of anilines is 4. The Morgan fingerprint density at radius 2 is 0.830 bits per heavy atom. The molecule has 0 saturated carbocycles. The van der Waals surface area contributed by atoms with Gasteiger partial charge in [0.15, 0.2) is 0 Å². The molecule has 4 heteroatoms. The van der Waals surface area contributed by atoms with Gasteiger partial charge in [-0.15, -0.1) is 0 Å². The Morgan fingerprint density at radius 1 is 0.472 bits per heavy atom. The van der Waals surface area contributed by atoms with E-state index in [1.807, 2.05) is 24.3 Å². The summed E-state index contributed by atoms with van der Waals surface area (Å²) in [6.45, 7) is 9.32. The molecule has 0 spiro atoms. The lowest BCUT2D eigenvalue weighted by molar-refractivity contribution is 0.343. The Bertz CT molecular complexity index is 2150. The molecule has 0 bridgehead atoms. The van der Waals surface area contributed by atoms with E-state index in [0.717, 1.165) is 61.3 Å². The molecule has 0 amide bonds. The van der Waals surface area contributed by atoms with E-state index in [1.54, 1.807) is 24.3 Å². The van der Waals surface area contributed by atoms with Crippen LogP contribution in [0.1, 0.15) is 86.8 Å². The summed E-state index contributed by atoms with van der Waals surface area (Å²) in [5.41, 5.74) is 14.6. The summed E-state index contributed by atoms with van der Waals surface area (Å²) in [6.07, 6.45) is 5.90. The standard InChI is InChI=1S/C49H46F2N2/c1-5-25-48(52(37-13-9-7-10-14-37)39-21-17-35(50)18-22-39)31-33-27-41-42-28-34-32-49(26-6-2,44(34)30-46(42)47(3,4)45(41)29-43(33)48)53(38-15-11-8-12-16-38)40-23-19-36(51)20-24-40/h7-24,27-30H,5-6,25-26,31-32H2,1-4H3. The summed E-state index contributed by atoms with van der Waals surface area (Å²) in [7, 11) is 0. The van der Waals surface area contributed by atoms with Gasteiger partial charge in [0.05, 0.1) is 11.1 Å². The molecule has 3 aliphatic rings. The number of rotatable bonds is 10.